The quantitative estimate of drug-likeness (QED) is 0.866. The van der Waals surface area contributed by atoms with E-state index in [-0.39, 0.29) is 0 Å². The van der Waals surface area contributed by atoms with Crippen molar-refractivity contribution in [3.8, 4) is 0 Å². The van der Waals surface area contributed by atoms with Crippen LogP contribution >= 0.6 is 22.9 Å². The average molecular weight is 247 g/mol. The first-order valence-electron chi connectivity index (χ1n) is 5.19. The fourth-order valence-electron chi connectivity index (χ4n) is 1.46. The monoisotopic (exact) mass is 246 g/mol. The van der Waals surface area contributed by atoms with Crippen LogP contribution in [-0.2, 0) is 6.54 Å². The Labute approximate surface area is 101 Å². The second-order valence-corrected chi connectivity index (χ2v) is 5.87. The van der Waals surface area contributed by atoms with Crippen LogP contribution in [0.25, 0.3) is 0 Å². The van der Waals surface area contributed by atoms with Gasteiger partial charge in [0.25, 0.3) is 0 Å². The second-order valence-electron chi connectivity index (χ2n) is 4.07. The fourth-order valence-corrected chi connectivity index (χ4v) is 2.61. The van der Waals surface area contributed by atoms with Crippen molar-refractivity contribution in [2.24, 2.45) is 11.7 Å². The molecule has 15 heavy (non-hydrogen) atoms. The SMILES string of the molecule is CC(CN)C(C)N(C)Cc1ccc(Cl)s1. The van der Waals surface area contributed by atoms with Gasteiger partial charge in [-0.25, -0.2) is 0 Å². The van der Waals surface area contributed by atoms with Gasteiger partial charge in [0.05, 0.1) is 4.34 Å². The van der Waals surface area contributed by atoms with Crippen molar-refractivity contribution < 1.29 is 0 Å². The van der Waals surface area contributed by atoms with Crippen LogP contribution < -0.4 is 5.73 Å². The van der Waals surface area contributed by atoms with E-state index in [2.05, 4.69) is 31.9 Å². The molecule has 0 fully saturated rings. The molecule has 0 aliphatic carbocycles. The topological polar surface area (TPSA) is 29.3 Å². The first kappa shape index (κ1) is 13.0. The van der Waals surface area contributed by atoms with Gasteiger partial charge in [-0.15, -0.1) is 11.3 Å². The number of hydrogen-bond acceptors (Lipinski definition) is 3. The van der Waals surface area contributed by atoms with Crippen LogP contribution in [0, 0.1) is 5.92 Å². The minimum atomic E-state index is 0.496. The summed E-state index contributed by atoms with van der Waals surface area (Å²) >= 11 is 7.54. The van der Waals surface area contributed by atoms with Gasteiger partial charge in [-0.2, -0.15) is 0 Å². The fraction of sp³-hybridized carbons (Fsp3) is 0.636. The van der Waals surface area contributed by atoms with Crippen LogP contribution in [-0.4, -0.2) is 24.5 Å². The Hall–Kier alpha value is -0.0900. The van der Waals surface area contributed by atoms with Crippen LogP contribution in [0.15, 0.2) is 12.1 Å². The molecule has 0 spiro atoms. The molecule has 0 saturated carbocycles. The molecule has 0 saturated heterocycles. The Morgan fingerprint density at radius 2 is 2.13 bits per heavy atom. The summed E-state index contributed by atoms with van der Waals surface area (Å²) in [5, 5.41) is 0. The summed E-state index contributed by atoms with van der Waals surface area (Å²) in [5.41, 5.74) is 5.66. The average Bonchev–Trinajstić information content (AvgIpc) is 2.61. The zero-order chi connectivity index (χ0) is 11.4. The molecule has 0 amide bonds. The third-order valence-corrected chi connectivity index (χ3v) is 4.14. The smallest absolute Gasteiger partial charge is 0.0931 e. The second kappa shape index (κ2) is 5.85. The van der Waals surface area contributed by atoms with Gasteiger partial charge in [-0.05, 0) is 38.6 Å². The lowest BCUT2D eigenvalue weighted by atomic mass is 10.0. The van der Waals surface area contributed by atoms with Crippen molar-refractivity contribution in [1.29, 1.82) is 0 Å². The van der Waals surface area contributed by atoms with Gasteiger partial charge in [0.1, 0.15) is 0 Å². The largest absolute Gasteiger partial charge is 0.330 e. The predicted octanol–water partition coefficient (Wildman–Crippen LogP) is 2.82. The summed E-state index contributed by atoms with van der Waals surface area (Å²) in [4.78, 5) is 3.62. The van der Waals surface area contributed by atoms with Gasteiger partial charge in [0, 0.05) is 17.5 Å². The highest BCUT2D eigenvalue weighted by Gasteiger charge is 2.16. The van der Waals surface area contributed by atoms with Crippen LogP contribution in [0.2, 0.25) is 4.34 Å². The Morgan fingerprint density at radius 1 is 1.47 bits per heavy atom. The molecule has 1 rings (SSSR count). The molecule has 2 unspecified atom stereocenters. The Kier molecular flexibility index (Phi) is 5.06. The van der Waals surface area contributed by atoms with Gasteiger partial charge in [0.15, 0.2) is 0 Å². The van der Waals surface area contributed by atoms with E-state index in [4.69, 9.17) is 17.3 Å². The van der Waals surface area contributed by atoms with Gasteiger partial charge in [-0.3, -0.25) is 4.90 Å². The molecule has 0 bridgehead atoms. The van der Waals surface area contributed by atoms with E-state index in [1.54, 1.807) is 11.3 Å². The van der Waals surface area contributed by atoms with Gasteiger partial charge in [-0.1, -0.05) is 18.5 Å². The molecular weight excluding hydrogens is 228 g/mol. The van der Waals surface area contributed by atoms with Crippen LogP contribution in [0.4, 0.5) is 0 Å². The molecule has 86 valence electrons. The third-order valence-electron chi connectivity index (χ3n) is 2.92. The molecule has 2 nitrogen and oxygen atoms in total. The number of nitrogens with two attached hydrogens (primary N) is 1. The standard InChI is InChI=1S/C11H19ClN2S/c1-8(6-13)9(2)14(3)7-10-4-5-11(12)15-10/h4-5,8-9H,6-7,13H2,1-3H3. The molecule has 1 aromatic rings. The molecule has 4 heteroatoms. The Balaban J connectivity index is 2.51. The summed E-state index contributed by atoms with van der Waals surface area (Å²) in [7, 11) is 2.13. The lowest BCUT2D eigenvalue weighted by Gasteiger charge is -2.28. The maximum atomic E-state index is 5.89. The van der Waals surface area contributed by atoms with Crippen molar-refractivity contribution in [2.75, 3.05) is 13.6 Å². The third kappa shape index (κ3) is 3.76. The number of nitrogens with zero attached hydrogens (tertiary/aromatic N) is 1. The van der Waals surface area contributed by atoms with E-state index in [1.165, 1.54) is 4.88 Å². The maximum absolute atomic E-state index is 5.89. The lowest BCUT2D eigenvalue weighted by molar-refractivity contribution is 0.196. The molecule has 1 heterocycles. The van der Waals surface area contributed by atoms with Crippen molar-refractivity contribution in [3.05, 3.63) is 21.3 Å². The van der Waals surface area contributed by atoms with Gasteiger partial charge >= 0.3 is 0 Å². The number of halogens is 1. The van der Waals surface area contributed by atoms with E-state index in [1.807, 2.05) is 6.07 Å². The summed E-state index contributed by atoms with van der Waals surface area (Å²) in [5.74, 6) is 0.519. The molecule has 0 radical (unpaired) electrons. The molecule has 0 aliphatic rings. The van der Waals surface area contributed by atoms with E-state index >= 15 is 0 Å². The van der Waals surface area contributed by atoms with Crippen LogP contribution in [0.3, 0.4) is 0 Å². The van der Waals surface area contributed by atoms with Crippen molar-refractivity contribution >= 4 is 22.9 Å². The zero-order valence-electron chi connectivity index (χ0n) is 9.53. The predicted molar refractivity (Wildman–Crippen MR) is 68.5 cm³/mol. The van der Waals surface area contributed by atoms with Crippen molar-refractivity contribution in [2.45, 2.75) is 26.4 Å². The summed E-state index contributed by atoms with van der Waals surface area (Å²) in [6.45, 7) is 6.08. The van der Waals surface area contributed by atoms with E-state index in [0.717, 1.165) is 17.4 Å². The van der Waals surface area contributed by atoms with E-state index < -0.39 is 0 Å². The van der Waals surface area contributed by atoms with Gasteiger partial charge < -0.3 is 5.73 Å². The van der Waals surface area contributed by atoms with Gasteiger partial charge in [0.2, 0.25) is 0 Å². The normalized spacial score (nSPS) is 15.6. The molecule has 0 aliphatic heterocycles. The van der Waals surface area contributed by atoms with E-state index in [9.17, 15) is 0 Å². The molecule has 0 aromatic carbocycles. The molecule has 1 aromatic heterocycles. The van der Waals surface area contributed by atoms with Crippen LogP contribution in [0.5, 0.6) is 0 Å². The minimum absolute atomic E-state index is 0.496. The summed E-state index contributed by atoms with van der Waals surface area (Å²) < 4.78 is 0.859. The molecule has 2 atom stereocenters. The number of rotatable bonds is 5. The minimum Gasteiger partial charge on any atom is -0.330 e. The first-order chi connectivity index (χ1) is 7.04. The molecule has 2 N–H and O–H groups in total. The highest BCUT2D eigenvalue weighted by Crippen LogP contribution is 2.23. The highest BCUT2D eigenvalue weighted by molar-refractivity contribution is 7.16. The van der Waals surface area contributed by atoms with Crippen molar-refractivity contribution in [3.63, 3.8) is 0 Å². The molecular formula is C11H19ClN2S. The lowest BCUT2D eigenvalue weighted by Crippen LogP contribution is -2.36. The Bertz CT molecular complexity index is 301. The Morgan fingerprint density at radius 3 is 2.60 bits per heavy atom. The number of thiophene rings is 1. The van der Waals surface area contributed by atoms with Crippen molar-refractivity contribution in [1.82, 2.24) is 4.90 Å². The number of hydrogen-bond donors (Lipinski definition) is 1. The van der Waals surface area contributed by atoms with E-state index in [0.29, 0.717) is 12.0 Å². The van der Waals surface area contributed by atoms with Crippen LogP contribution in [0.1, 0.15) is 18.7 Å². The summed E-state index contributed by atoms with van der Waals surface area (Å²) in [6, 6.07) is 4.53. The first-order valence-corrected chi connectivity index (χ1v) is 6.38. The zero-order valence-corrected chi connectivity index (χ0v) is 11.1. The highest BCUT2D eigenvalue weighted by atomic mass is 35.5. The maximum Gasteiger partial charge on any atom is 0.0931 e. The summed E-state index contributed by atoms with van der Waals surface area (Å²) in [6.07, 6.45) is 0.